The topological polar surface area (TPSA) is 125 Å². The van der Waals surface area contributed by atoms with E-state index in [0.717, 1.165) is 11.8 Å². The van der Waals surface area contributed by atoms with Crippen LogP contribution in [0, 0.1) is 10.1 Å². The maximum atomic E-state index is 12.8. The number of rotatable bonds is 10. The fourth-order valence-corrected chi connectivity index (χ4v) is 5.52. The summed E-state index contributed by atoms with van der Waals surface area (Å²) in [5, 5.41) is 17.8. The second-order valence-electron chi connectivity index (χ2n) is 8.13. The quantitative estimate of drug-likeness (QED) is 0.388. The molecule has 0 unspecified atom stereocenters. The van der Waals surface area contributed by atoms with Crippen molar-refractivity contribution in [2.24, 2.45) is 0 Å². The van der Waals surface area contributed by atoms with Crippen molar-refractivity contribution >= 4 is 33.0 Å². The van der Waals surface area contributed by atoms with Gasteiger partial charge in [-0.1, -0.05) is 32.0 Å². The Kier molecular flexibility index (Phi) is 8.59. The van der Waals surface area contributed by atoms with Gasteiger partial charge in [0, 0.05) is 44.0 Å². The van der Waals surface area contributed by atoms with Crippen molar-refractivity contribution in [3.05, 3.63) is 58.6 Å². The minimum Gasteiger partial charge on any atom is -0.377 e. The number of likely N-dealkylation sites (tertiary alicyclic amines) is 1. The van der Waals surface area contributed by atoms with Crippen molar-refractivity contribution in [3.63, 3.8) is 0 Å². The third-order valence-corrected chi connectivity index (χ3v) is 7.93. The molecule has 34 heavy (non-hydrogen) atoms. The molecule has 2 aromatic carbocycles. The fourth-order valence-electron chi connectivity index (χ4n) is 4.04. The molecule has 2 aromatic rings. The number of nitrogens with one attached hydrogen (secondary N) is 2. The van der Waals surface area contributed by atoms with E-state index in [1.54, 1.807) is 13.8 Å². The van der Waals surface area contributed by atoms with Gasteiger partial charge in [0.2, 0.25) is 15.9 Å². The summed E-state index contributed by atoms with van der Waals surface area (Å²) < 4.78 is 26.8. The summed E-state index contributed by atoms with van der Waals surface area (Å²) in [5.41, 5.74) is 0.782. The molecule has 0 saturated carbocycles. The number of piperidine rings is 1. The molecule has 0 aliphatic carbocycles. The summed E-state index contributed by atoms with van der Waals surface area (Å²) in [6, 6.07) is 13.3. The van der Waals surface area contributed by atoms with Gasteiger partial charge in [-0.3, -0.25) is 19.8 Å². The predicted octanol–water partition coefficient (Wildman–Crippen LogP) is 3.14. The maximum absolute atomic E-state index is 12.8. The van der Waals surface area contributed by atoms with Crippen LogP contribution in [0.3, 0.4) is 0 Å². The zero-order valence-electron chi connectivity index (χ0n) is 19.4. The van der Waals surface area contributed by atoms with Crippen molar-refractivity contribution in [2.75, 3.05) is 43.4 Å². The van der Waals surface area contributed by atoms with E-state index in [9.17, 15) is 23.3 Å². The van der Waals surface area contributed by atoms with Crippen molar-refractivity contribution in [3.8, 4) is 0 Å². The number of nitrogens with zero attached hydrogens (tertiary/aromatic N) is 3. The minimum absolute atomic E-state index is 0.0163. The molecule has 184 valence electrons. The van der Waals surface area contributed by atoms with Gasteiger partial charge >= 0.3 is 0 Å². The van der Waals surface area contributed by atoms with E-state index in [0.29, 0.717) is 31.6 Å². The van der Waals surface area contributed by atoms with Gasteiger partial charge in [0.15, 0.2) is 0 Å². The zero-order valence-corrected chi connectivity index (χ0v) is 20.3. The first-order valence-electron chi connectivity index (χ1n) is 11.4. The third-order valence-electron chi connectivity index (χ3n) is 5.88. The molecule has 1 aliphatic heterocycles. The number of carbonyl (C=O) groups excluding carboxylic acids is 1. The van der Waals surface area contributed by atoms with Crippen LogP contribution in [0.25, 0.3) is 0 Å². The molecule has 10 nitrogen and oxygen atoms in total. The Morgan fingerprint density at radius 2 is 1.76 bits per heavy atom. The van der Waals surface area contributed by atoms with Gasteiger partial charge in [-0.25, -0.2) is 8.42 Å². The molecule has 0 aromatic heterocycles. The number of amides is 1. The lowest BCUT2D eigenvalue weighted by Gasteiger charge is -2.32. The highest BCUT2D eigenvalue weighted by Gasteiger charge is 2.27. The smallest absolute Gasteiger partial charge is 0.293 e. The lowest BCUT2D eigenvalue weighted by molar-refractivity contribution is -0.384. The highest BCUT2D eigenvalue weighted by atomic mass is 32.2. The van der Waals surface area contributed by atoms with E-state index in [1.807, 2.05) is 35.2 Å². The van der Waals surface area contributed by atoms with Crippen molar-refractivity contribution in [1.82, 2.24) is 9.21 Å². The molecule has 2 N–H and O–H groups in total. The molecule has 3 rings (SSSR count). The Hall–Kier alpha value is -3.02. The van der Waals surface area contributed by atoms with Crippen molar-refractivity contribution in [1.29, 1.82) is 0 Å². The largest absolute Gasteiger partial charge is 0.377 e. The monoisotopic (exact) mass is 489 g/mol. The van der Waals surface area contributed by atoms with Crippen LogP contribution in [0.2, 0.25) is 0 Å². The van der Waals surface area contributed by atoms with Gasteiger partial charge < -0.3 is 10.6 Å². The summed E-state index contributed by atoms with van der Waals surface area (Å²) in [4.78, 5) is 25.4. The summed E-state index contributed by atoms with van der Waals surface area (Å²) in [6.07, 6.45) is 1.41. The highest BCUT2D eigenvalue weighted by molar-refractivity contribution is 7.89. The average molecular weight is 490 g/mol. The van der Waals surface area contributed by atoms with Crippen LogP contribution in [0.1, 0.15) is 26.7 Å². The van der Waals surface area contributed by atoms with Crippen LogP contribution in [0.4, 0.5) is 17.1 Å². The molecule has 0 spiro atoms. The van der Waals surface area contributed by atoms with E-state index in [1.165, 1.54) is 16.4 Å². The first-order valence-corrected chi connectivity index (χ1v) is 12.8. The number of hydrogen-bond acceptors (Lipinski definition) is 7. The van der Waals surface area contributed by atoms with Gasteiger partial charge in [0.25, 0.3) is 5.69 Å². The first-order chi connectivity index (χ1) is 16.2. The number of anilines is 2. The zero-order chi connectivity index (χ0) is 24.7. The number of hydrogen-bond donors (Lipinski definition) is 2. The Morgan fingerprint density at radius 3 is 2.35 bits per heavy atom. The van der Waals surface area contributed by atoms with E-state index < -0.39 is 14.9 Å². The molecular weight excluding hydrogens is 458 g/mol. The lowest BCUT2D eigenvalue weighted by atomic mass is 10.0. The summed E-state index contributed by atoms with van der Waals surface area (Å²) in [6.45, 7) is 5.64. The number of para-hydroxylation sites is 1. The molecule has 1 saturated heterocycles. The van der Waals surface area contributed by atoms with Gasteiger partial charge in [0.1, 0.15) is 5.69 Å². The van der Waals surface area contributed by atoms with E-state index >= 15 is 0 Å². The van der Waals surface area contributed by atoms with Crippen molar-refractivity contribution < 1.29 is 18.1 Å². The molecule has 1 heterocycles. The Morgan fingerprint density at radius 1 is 1.12 bits per heavy atom. The molecule has 0 bridgehead atoms. The number of benzene rings is 2. The first kappa shape index (κ1) is 25.6. The molecule has 11 heteroatoms. The minimum atomic E-state index is -3.79. The number of nitro groups is 1. The standard InChI is InChI=1S/C23H31N5O5S/c1-3-27(4-2)34(32,33)20-10-11-21(22(16-20)28(30)31)24-19-12-14-26(15-13-19)17-23(29)25-18-8-6-5-7-9-18/h5-11,16,19,24H,3-4,12-15,17H2,1-2H3,(H,25,29). The van der Waals surface area contributed by atoms with Crippen LogP contribution in [0.5, 0.6) is 0 Å². The molecule has 1 fully saturated rings. The van der Waals surface area contributed by atoms with Crippen LogP contribution in [-0.2, 0) is 14.8 Å². The number of sulfonamides is 1. The predicted molar refractivity (Wildman–Crippen MR) is 131 cm³/mol. The highest BCUT2D eigenvalue weighted by Crippen LogP contribution is 2.30. The van der Waals surface area contributed by atoms with Gasteiger partial charge in [-0.05, 0) is 37.1 Å². The molecule has 0 radical (unpaired) electrons. The Balaban J connectivity index is 1.61. The van der Waals surface area contributed by atoms with Crippen LogP contribution >= 0.6 is 0 Å². The van der Waals surface area contributed by atoms with Gasteiger partial charge in [-0.2, -0.15) is 4.31 Å². The Bertz CT molecular complexity index is 1100. The maximum Gasteiger partial charge on any atom is 0.293 e. The second kappa shape index (κ2) is 11.4. The van der Waals surface area contributed by atoms with Gasteiger partial charge in [0.05, 0.1) is 16.4 Å². The normalized spacial score (nSPS) is 15.3. The van der Waals surface area contributed by atoms with Gasteiger partial charge in [-0.15, -0.1) is 0 Å². The average Bonchev–Trinajstić information content (AvgIpc) is 2.81. The van der Waals surface area contributed by atoms with E-state index in [4.69, 9.17) is 0 Å². The third kappa shape index (κ3) is 6.31. The van der Waals surface area contributed by atoms with Crippen molar-refractivity contribution in [2.45, 2.75) is 37.6 Å². The van der Waals surface area contributed by atoms with Crippen LogP contribution in [-0.4, -0.2) is 67.2 Å². The summed E-state index contributed by atoms with van der Waals surface area (Å²) in [7, 11) is -3.79. The van der Waals surface area contributed by atoms with Crippen LogP contribution < -0.4 is 10.6 Å². The fraction of sp³-hybridized carbons (Fsp3) is 0.435. The van der Waals surface area contributed by atoms with E-state index in [2.05, 4.69) is 10.6 Å². The molecule has 1 aliphatic rings. The Labute approximate surface area is 200 Å². The SMILES string of the molecule is CCN(CC)S(=O)(=O)c1ccc(NC2CCN(CC(=O)Nc3ccccc3)CC2)c([N+](=O)[O-])c1. The number of nitro benzene ring substituents is 1. The molecular formula is C23H31N5O5S. The second-order valence-corrected chi connectivity index (χ2v) is 10.1. The summed E-state index contributed by atoms with van der Waals surface area (Å²) in [5.74, 6) is -0.0850. The van der Waals surface area contributed by atoms with E-state index in [-0.39, 0.29) is 42.2 Å². The lowest BCUT2D eigenvalue weighted by Crippen LogP contribution is -2.42. The summed E-state index contributed by atoms with van der Waals surface area (Å²) >= 11 is 0. The van der Waals surface area contributed by atoms with Crippen LogP contribution in [0.15, 0.2) is 53.4 Å². The number of carbonyl (C=O) groups is 1. The molecule has 1 amide bonds. The molecule has 0 atom stereocenters.